The summed E-state index contributed by atoms with van der Waals surface area (Å²) in [5.74, 6) is -0.0674. The van der Waals surface area contributed by atoms with E-state index in [-0.39, 0.29) is 12.0 Å². The van der Waals surface area contributed by atoms with Gasteiger partial charge in [0.1, 0.15) is 4.88 Å². The molecule has 1 N–H and O–H groups in total. The SMILES string of the molecule is Cc1ncsc1C(=O)NCc1ccc(COC(C)C)cc1. The van der Waals surface area contributed by atoms with Gasteiger partial charge in [-0.15, -0.1) is 11.3 Å². The van der Waals surface area contributed by atoms with E-state index in [2.05, 4.69) is 10.3 Å². The Labute approximate surface area is 129 Å². The number of nitrogens with zero attached hydrogens (tertiary/aromatic N) is 1. The lowest BCUT2D eigenvalue weighted by atomic mass is 10.1. The number of rotatable bonds is 6. The molecule has 112 valence electrons. The third-order valence-electron chi connectivity index (χ3n) is 3.01. The minimum atomic E-state index is -0.0674. The van der Waals surface area contributed by atoms with Crippen molar-refractivity contribution >= 4 is 17.2 Å². The standard InChI is InChI=1S/C16H20N2O2S/c1-11(2)20-9-14-6-4-13(5-7-14)8-17-16(19)15-12(3)18-10-21-15/h4-7,10-11H,8-9H2,1-3H3,(H,17,19). The summed E-state index contributed by atoms with van der Waals surface area (Å²) < 4.78 is 5.55. The molecule has 21 heavy (non-hydrogen) atoms. The highest BCUT2D eigenvalue weighted by Gasteiger charge is 2.10. The molecule has 2 aromatic rings. The van der Waals surface area contributed by atoms with E-state index in [9.17, 15) is 4.79 Å². The van der Waals surface area contributed by atoms with Gasteiger partial charge < -0.3 is 10.1 Å². The number of nitrogens with one attached hydrogen (secondary N) is 1. The zero-order chi connectivity index (χ0) is 15.2. The van der Waals surface area contributed by atoms with Gasteiger partial charge in [0.25, 0.3) is 5.91 Å². The predicted octanol–water partition coefficient (Wildman–Crippen LogP) is 3.31. The number of hydrogen-bond donors (Lipinski definition) is 1. The second-order valence-electron chi connectivity index (χ2n) is 5.13. The van der Waals surface area contributed by atoms with E-state index in [0.29, 0.717) is 18.0 Å². The summed E-state index contributed by atoms with van der Waals surface area (Å²) in [4.78, 5) is 16.7. The van der Waals surface area contributed by atoms with Crippen molar-refractivity contribution < 1.29 is 9.53 Å². The normalized spacial score (nSPS) is 10.9. The second-order valence-corrected chi connectivity index (χ2v) is 5.98. The van der Waals surface area contributed by atoms with Crippen LogP contribution in [0.1, 0.15) is 40.3 Å². The first-order valence-corrected chi connectivity index (χ1v) is 7.82. The summed E-state index contributed by atoms with van der Waals surface area (Å²) in [6.07, 6.45) is 0.228. The van der Waals surface area contributed by atoms with Crippen LogP contribution in [-0.2, 0) is 17.9 Å². The fourth-order valence-corrected chi connectivity index (χ4v) is 2.52. The summed E-state index contributed by atoms with van der Waals surface area (Å²) in [6.45, 7) is 7.01. The van der Waals surface area contributed by atoms with Gasteiger partial charge in [-0.3, -0.25) is 4.79 Å². The fraction of sp³-hybridized carbons (Fsp3) is 0.375. The first-order chi connectivity index (χ1) is 10.1. The molecular weight excluding hydrogens is 284 g/mol. The highest BCUT2D eigenvalue weighted by molar-refractivity contribution is 7.11. The van der Waals surface area contributed by atoms with Gasteiger partial charge in [0.05, 0.1) is 23.9 Å². The minimum absolute atomic E-state index is 0.0674. The molecule has 2 rings (SSSR count). The quantitative estimate of drug-likeness (QED) is 0.891. The largest absolute Gasteiger partial charge is 0.374 e. The Balaban J connectivity index is 1.86. The van der Waals surface area contributed by atoms with E-state index in [4.69, 9.17) is 4.74 Å². The number of ether oxygens (including phenoxy) is 1. The summed E-state index contributed by atoms with van der Waals surface area (Å²) in [5, 5.41) is 2.91. The molecule has 0 aliphatic heterocycles. The Kier molecular flexibility index (Phi) is 5.47. The predicted molar refractivity (Wildman–Crippen MR) is 84.4 cm³/mol. The maximum absolute atomic E-state index is 12.0. The molecule has 0 spiro atoms. The molecule has 1 heterocycles. The van der Waals surface area contributed by atoms with E-state index < -0.39 is 0 Å². The lowest BCUT2D eigenvalue weighted by Gasteiger charge is -2.09. The highest BCUT2D eigenvalue weighted by atomic mass is 32.1. The summed E-state index contributed by atoms with van der Waals surface area (Å²) in [7, 11) is 0. The van der Waals surface area contributed by atoms with Gasteiger partial charge in [0.15, 0.2) is 0 Å². The fourth-order valence-electron chi connectivity index (χ4n) is 1.80. The lowest BCUT2D eigenvalue weighted by Crippen LogP contribution is -2.22. The van der Waals surface area contributed by atoms with Gasteiger partial charge in [-0.05, 0) is 31.9 Å². The van der Waals surface area contributed by atoms with Crippen LogP contribution in [0.15, 0.2) is 29.8 Å². The van der Waals surface area contributed by atoms with E-state index in [1.165, 1.54) is 11.3 Å². The number of aryl methyl sites for hydroxylation is 1. The zero-order valence-corrected chi connectivity index (χ0v) is 13.4. The molecule has 0 saturated heterocycles. The van der Waals surface area contributed by atoms with Crippen LogP contribution in [0.4, 0.5) is 0 Å². The number of aromatic nitrogens is 1. The first-order valence-electron chi connectivity index (χ1n) is 6.94. The number of hydrogen-bond acceptors (Lipinski definition) is 4. The summed E-state index contributed by atoms with van der Waals surface area (Å²) >= 11 is 1.36. The van der Waals surface area contributed by atoms with E-state index in [1.54, 1.807) is 5.51 Å². The Morgan fingerprint density at radius 1 is 1.29 bits per heavy atom. The molecule has 0 saturated carbocycles. The Morgan fingerprint density at radius 2 is 1.95 bits per heavy atom. The molecule has 1 aromatic carbocycles. The highest BCUT2D eigenvalue weighted by Crippen LogP contribution is 2.12. The van der Waals surface area contributed by atoms with Gasteiger partial charge in [0, 0.05) is 6.54 Å². The molecule has 1 aromatic heterocycles. The van der Waals surface area contributed by atoms with Crippen molar-refractivity contribution in [3.63, 3.8) is 0 Å². The van der Waals surface area contributed by atoms with E-state index in [0.717, 1.165) is 16.8 Å². The topological polar surface area (TPSA) is 51.2 Å². The molecule has 5 heteroatoms. The number of carbonyl (C=O) groups is 1. The second kappa shape index (κ2) is 7.33. The van der Waals surface area contributed by atoms with Crippen molar-refractivity contribution in [3.05, 3.63) is 51.5 Å². The van der Waals surface area contributed by atoms with Crippen LogP contribution in [0.2, 0.25) is 0 Å². The molecule has 0 radical (unpaired) electrons. The molecule has 0 fully saturated rings. The van der Waals surface area contributed by atoms with Crippen LogP contribution in [0.5, 0.6) is 0 Å². The van der Waals surface area contributed by atoms with Crippen LogP contribution in [0.3, 0.4) is 0 Å². The maximum Gasteiger partial charge on any atom is 0.263 e. The van der Waals surface area contributed by atoms with Crippen molar-refractivity contribution in [2.45, 2.75) is 40.0 Å². The van der Waals surface area contributed by atoms with Gasteiger partial charge in [-0.25, -0.2) is 4.98 Å². The van der Waals surface area contributed by atoms with Crippen LogP contribution < -0.4 is 5.32 Å². The zero-order valence-electron chi connectivity index (χ0n) is 12.6. The molecule has 4 nitrogen and oxygen atoms in total. The van der Waals surface area contributed by atoms with Crippen LogP contribution in [0, 0.1) is 6.92 Å². The number of amides is 1. The molecule has 0 atom stereocenters. The first kappa shape index (κ1) is 15.7. The third kappa shape index (κ3) is 4.65. The summed E-state index contributed by atoms with van der Waals surface area (Å²) in [6, 6.07) is 8.08. The Morgan fingerprint density at radius 3 is 2.52 bits per heavy atom. The smallest absolute Gasteiger partial charge is 0.263 e. The molecule has 0 bridgehead atoms. The van der Waals surface area contributed by atoms with Crippen LogP contribution in [-0.4, -0.2) is 17.0 Å². The van der Waals surface area contributed by atoms with Crippen LogP contribution in [0.25, 0.3) is 0 Å². The van der Waals surface area contributed by atoms with E-state index in [1.807, 2.05) is 45.0 Å². The minimum Gasteiger partial charge on any atom is -0.374 e. The van der Waals surface area contributed by atoms with Crippen molar-refractivity contribution in [2.24, 2.45) is 0 Å². The summed E-state index contributed by atoms with van der Waals surface area (Å²) in [5.41, 5.74) is 4.67. The average Bonchev–Trinajstić information content (AvgIpc) is 2.90. The molecule has 0 unspecified atom stereocenters. The monoisotopic (exact) mass is 304 g/mol. The lowest BCUT2D eigenvalue weighted by molar-refractivity contribution is 0.0657. The molecule has 0 aliphatic carbocycles. The van der Waals surface area contributed by atoms with Crippen molar-refractivity contribution in [1.29, 1.82) is 0 Å². The Hall–Kier alpha value is -1.72. The Bertz CT molecular complexity index is 591. The molecule has 0 aliphatic rings. The maximum atomic E-state index is 12.0. The average molecular weight is 304 g/mol. The number of carbonyl (C=O) groups excluding carboxylic acids is 1. The van der Waals surface area contributed by atoms with Crippen molar-refractivity contribution in [3.8, 4) is 0 Å². The van der Waals surface area contributed by atoms with Gasteiger partial charge >= 0.3 is 0 Å². The van der Waals surface area contributed by atoms with E-state index >= 15 is 0 Å². The van der Waals surface area contributed by atoms with Gasteiger partial charge in [0.2, 0.25) is 0 Å². The number of thiazole rings is 1. The third-order valence-corrected chi connectivity index (χ3v) is 3.94. The molecule has 1 amide bonds. The van der Waals surface area contributed by atoms with Crippen molar-refractivity contribution in [1.82, 2.24) is 10.3 Å². The van der Waals surface area contributed by atoms with Gasteiger partial charge in [-0.2, -0.15) is 0 Å². The number of benzene rings is 1. The van der Waals surface area contributed by atoms with Crippen LogP contribution >= 0.6 is 11.3 Å². The van der Waals surface area contributed by atoms with Gasteiger partial charge in [-0.1, -0.05) is 24.3 Å². The van der Waals surface area contributed by atoms with Crippen molar-refractivity contribution in [2.75, 3.05) is 0 Å². The molecular formula is C16H20N2O2S.